The van der Waals surface area contributed by atoms with Gasteiger partial charge in [0.05, 0.1) is 0 Å². The molecule has 52 heavy (non-hydrogen) atoms. The van der Waals surface area contributed by atoms with Gasteiger partial charge >= 0.3 is 0 Å². The number of likely N-dealkylation sites (tertiary alicyclic amines) is 1. The summed E-state index contributed by atoms with van der Waals surface area (Å²) in [6.45, 7) is 10.7. The highest BCUT2D eigenvalue weighted by molar-refractivity contribution is 5.76. The second kappa shape index (κ2) is 24.2. The SMILES string of the molecule is CC.CCCCCCCCCCCC(=O)N(Cc1ccc(OCc2ccccc2)c(OCc2ccccc2)c1)C1CCN(Cc2ccccc2)CC1. The molecule has 4 aromatic rings. The Morgan fingerprint density at radius 3 is 1.67 bits per heavy atom. The predicted molar refractivity (Wildman–Crippen MR) is 216 cm³/mol. The smallest absolute Gasteiger partial charge is 0.223 e. The normalized spacial score (nSPS) is 13.2. The molecular formula is C47H64N2O3. The average Bonchev–Trinajstić information content (AvgIpc) is 3.20. The Kier molecular flexibility index (Phi) is 18.9. The molecule has 1 aliphatic rings. The van der Waals surface area contributed by atoms with Crippen molar-refractivity contribution in [1.29, 1.82) is 0 Å². The number of hydrogen-bond acceptors (Lipinski definition) is 4. The van der Waals surface area contributed by atoms with Gasteiger partial charge in [0, 0.05) is 38.6 Å². The van der Waals surface area contributed by atoms with Crippen LogP contribution in [-0.4, -0.2) is 34.8 Å². The summed E-state index contributed by atoms with van der Waals surface area (Å²) < 4.78 is 12.7. The van der Waals surface area contributed by atoms with Gasteiger partial charge in [0.2, 0.25) is 5.91 Å². The second-order valence-electron chi connectivity index (χ2n) is 13.9. The fourth-order valence-electron chi connectivity index (χ4n) is 6.93. The van der Waals surface area contributed by atoms with Crippen LogP contribution in [0.1, 0.15) is 120 Å². The number of nitrogens with zero attached hydrogens (tertiary/aromatic N) is 2. The van der Waals surface area contributed by atoms with Crippen molar-refractivity contribution < 1.29 is 14.3 Å². The van der Waals surface area contributed by atoms with Crippen LogP contribution in [0.15, 0.2) is 109 Å². The molecule has 5 rings (SSSR count). The third-order valence-corrected chi connectivity index (χ3v) is 9.90. The topological polar surface area (TPSA) is 42.0 Å². The van der Waals surface area contributed by atoms with Gasteiger partial charge in [0.25, 0.3) is 0 Å². The summed E-state index contributed by atoms with van der Waals surface area (Å²) in [5.41, 5.74) is 4.64. The molecule has 280 valence electrons. The summed E-state index contributed by atoms with van der Waals surface area (Å²) in [6.07, 6.45) is 13.9. The first-order chi connectivity index (χ1) is 25.7. The average molecular weight is 705 g/mol. The van der Waals surface area contributed by atoms with Crippen molar-refractivity contribution in [2.45, 2.75) is 130 Å². The van der Waals surface area contributed by atoms with Crippen molar-refractivity contribution in [3.05, 3.63) is 131 Å². The number of carbonyl (C=O) groups excluding carboxylic acids is 1. The summed E-state index contributed by atoms with van der Waals surface area (Å²) in [7, 11) is 0. The lowest BCUT2D eigenvalue weighted by Crippen LogP contribution is -2.46. The molecule has 5 heteroatoms. The molecular weight excluding hydrogens is 641 g/mol. The van der Waals surface area contributed by atoms with Gasteiger partial charge in [-0.1, -0.05) is 169 Å². The molecule has 1 aliphatic heterocycles. The van der Waals surface area contributed by atoms with Crippen molar-refractivity contribution >= 4 is 5.91 Å². The number of unbranched alkanes of at least 4 members (excludes halogenated alkanes) is 8. The summed E-state index contributed by atoms with van der Waals surface area (Å²) in [5.74, 6) is 1.72. The van der Waals surface area contributed by atoms with E-state index in [0.717, 1.165) is 67.8 Å². The van der Waals surface area contributed by atoms with E-state index in [2.05, 4.69) is 83.5 Å². The van der Waals surface area contributed by atoms with Gasteiger partial charge in [-0.15, -0.1) is 0 Å². The minimum atomic E-state index is 0.232. The summed E-state index contributed by atoms with van der Waals surface area (Å²) in [6, 6.07) is 37.6. The van der Waals surface area contributed by atoms with Crippen LogP contribution in [0.4, 0.5) is 0 Å². The van der Waals surface area contributed by atoms with Gasteiger partial charge in [0.15, 0.2) is 11.5 Å². The Morgan fingerprint density at radius 2 is 1.12 bits per heavy atom. The Balaban J connectivity index is 0.00000297. The largest absolute Gasteiger partial charge is 0.485 e. The van der Waals surface area contributed by atoms with E-state index in [4.69, 9.17) is 9.47 Å². The Labute approximate surface area is 315 Å². The summed E-state index contributed by atoms with van der Waals surface area (Å²) in [5, 5.41) is 0. The molecule has 1 heterocycles. The number of piperidine rings is 1. The van der Waals surface area contributed by atoms with Crippen LogP contribution >= 0.6 is 0 Å². The van der Waals surface area contributed by atoms with E-state index >= 15 is 0 Å². The lowest BCUT2D eigenvalue weighted by Gasteiger charge is -2.39. The molecule has 0 spiro atoms. The summed E-state index contributed by atoms with van der Waals surface area (Å²) >= 11 is 0. The van der Waals surface area contributed by atoms with E-state index in [9.17, 15) is 4.79 Å². The molecule has 0 atom stereocenters. The standard InChI is InChI=1S/C45H58N2O3.C2H6/c1-2-3-4-5-6-7-8-9-19-26-45(48)47(42-29-31-46(32-30-42)34-38-20-13-10-14-21-38)35-41-27-28-43(49-36-39-22-15-11-16-23-39)44(33-41)50-37-40-24-17-12-18-25-40;1-2/h10-18,20-25,27-28,33,42H,2-9,19,26,29-32,34-37H2,1H3;1-2H3. The number of amides is 1. The van der Waals surface area contributed by atoms with Crippen LogP contribution in [0.3, 0.4) is 0 Å². The number of ether oxygens (including phenoxy) is 2. The van der Waals surface area contributed by atoms with Crippen LogP contribution in [0.25, 0.3) is 0 Å². The maximum Gasteiger partial charge on any atom is 0.223 e. The molecule has 1 amide bonds. The molecule has 0 bridgehead atoms. The lowest BCUT2D eigenvalue weighted by molar-refractivity contribution is -0.135. The van der Waals surface area contributed by atoms with E-state index in [0.29, 0.717) is 31.9 Å². The lowest BCUT2D eigenvalue weighted by atomic mass is 10.00. The van der Waals surface area contributed by atoms with Crippen LogP contribution in [0.2, 0.25) is 0 Å². The first kappa shape index (κ1) is 40.7. The number of rotatable bonds is 21. The third kappa shape index (κ3) is 14.5. The first-order valence-corrected chi connectivity index (χ1v) is 20.2. The van der Waals surface area contributed by atoms with Crippen LogP contribution < -0.4 is 9.47 Å². The van der Waals surface area contributed by atoms with E-state index < -0.39 is 0 Å². The third-order valence-electron chi connectivity index (χ3n) is 9.90. The fourth-order valence-corrected chi connectivity index (χ4v) is 6.93. The van der Waals surface area contributed by atoms with Crippen molar-refractivity contribution in [2.24, 2.45) is 0 Å². The quantitative estimate of drug-likeness (QED) is 0.0810. The molecule has 0 aromatic heterocycles. The van der Waals surface area contributed by atoms with E-state index in [1.54, 1.807) is 0 Å². The van der Waals surface area contributed by atoms with Gasteiger partial charge in [-0.25, -0.2) is 0 Å². The Hall–Kier alpha value is -4.09. The molecule has 0 unspecified atom stereocenters. The molecule has 0 aliphatic carbocycles. The Bertz CT molecular complexity index is 1500. The van der Waals surface area contributed by atoms with Gasteiger partial charge in [0.1, 0.15) is 13.2 Å². The van der Waals surface area contributed by atoms with Crippen LogP contribution in [0, 0.1) is 0 Å². The molecule has 0 saturated carbocycles. The molecule has 1 saturated heterocycles. The molecule has 0 N–H and O–H groups in total. The Morgan fingerprint density at radius 1 is 0.615 bits per heavy atom. The van der Waals surface area contributed by atoms with Gasteiger partial charge in [-0.05, 0) is 53.6 Å². The van der Waals surface area contributed by atoms with Crippen molar-refractivity contribution in [3.63, 3.8) is 0 Å². The zero-order chi connectivity index (χ0) is 36.6. The highest BCUT2D eigenvalue weighted by Crippen LogP contribution is 2.32. The van der Waals surface area contributed by atoms with Gasteiger partial charge in [-0.2, -0.15) is 0 Å². The first-order valence-electron chi connectivity index (χ1n) is 20.2. The van der Waals surface area contributed by atoms with E-state index in [1.807, 2.05) is 56.3 Å². The molecule has 5 nitrogen and oxygen atoms in total. The minimum absolute atomic E-state index is 0.232. The highest BCUT2D eigenvalue weighted by atomic mass is 16.5. The van der Waals surface area contributed by atoms with Crippen molar-refractivity contribution in [2.75, 3.05) is 13.1 Å². The summed E-state index contributed by atoms with van der Waals surface area (Å²) in [4.78, 5) is 18.7. The van der Waals surface area contributed by atoms with Crippen LogP contribution in [-0.2, 0) is 31.1 Å². The predicted octanol–water partition coefficient (Wildman–Crippen LogP) is 11.8. The maximum absolute atomic E-state index is 14.0. The van der Waals surface area contributed by atoms with E-state index in [1.165, 1.54) is 50.5 Å². The van der Waals surface area contributed by atoms with Crippen molar-refractivity contribution in [1.82, 2.24) is 9.80 Å². The van der Waals surface area contributed by atoms with E-state index in [-0.39, 0.29) is 11.9 Å². The van der Waals surface area contributed by atoms with Gasteiger partial charge in [-0.3, -0.25) is 9.69 Å². The molecule has 0 radical (unpaired) electrons. The zero-order valence-corrected chi connectivity index (χ0v) is 32.3. The minimum Gasteiger partial charge on any atom is -0.485 e. The van der Waals surface area contributed by atoms with Gasteiger partial charge < -0.3 is 14.4 Å². The maximum atomic E-state index is 14.0. The monoisotopic (exact) mass is 704 g/mol. The van der Waals surface area contributed by atoms with Crippen LogP contribution in [0.5, 0.6) is 11.5 Å². The number of benzene rings is 4. The fraction of sp³-hybridized carbons (Fsp3) is 0.468. The molecule has 1 fully saturated rings. The zero-order valence-electron chi connectivity index (χ0n) is 32.3. The second-order valence-corrected chi connectivity index (χ2v) is 13.9. The molecule has 4 aromatic carbocycles. The highest BCUT2D eigenvalue weighted by Gasteiger charge is 2.28. The van der Waals surface area contributed by atoms with Crippen molar-refractivity contribution in [3.8, 4) is 11.5 Å². The number of hydrogen-bond donors (Lipinski definition) is 0. The number of carbonyl (C=O) groups is 1.